The van der Waals surface area contributed by atoms with Crippen molar-refractivity contribution in [1.82, 2.24) is 0 Å². The van der Waals surface area contributed by atoms with Gasteiger partial charge in [-0.05, 0) is 72.2 Å². The van der Waals surface area contributed by atoms with Gasteiger partial charge >= 0.3 is 0 Å². The number of hydrogen-bond acceptors (Lipinski definition) is 6. The van der Waals surface area contributed by atoms with E-state index in [9.17, 15) is 0 Å². The fraction of sp³-hybridized carbons (Fsp3) is 0.133. The molecule has 6 heteroatoms. The number of aliphatic imine (C=N–C) groups is 2. The molecular weight excluding hydrogens is 444 g/mol. The Morgan fingerprint density at radius 2 is 0.778 bits per heavy atom. The Labute approximate surface area is 211 Å². The van der Waals surface area contributed by atoms with Crippen molar-refractivity contribution < 1.29 is 0 Å². The summed E-state index contributed by atoms with van der Waals surface area (Å²) in [6.45, 7) is 0. The zero-order chi connectivity index (χ0) is 24.7. The second-order valence-electron chi connectivity index (χ2n) is 8.82. The third kappa shape index (κ3) is 5.55. The van der Waals surface area contributed by atoms with Gasteiger partial charge in [-0.2, -0.15) is 0 Å². The minimum Gasteiger partial charge on any atom is -0.369 e. The van der Waals surface area contributed by atoms with Crippen LogP contribution in [0.1, 0.15) is 22.3 Å². The van der Waals surface area contributed by atoms with Gasteiger partial charge in [0.25, 0.3) is 0 Å². The van der Waals surface area contributed by atoms with Crippen LogP contribution in [0.5, 0.6) is 0 Å². The van der Waals surface area contributed by atoms with Crippen LogP contribution in [0.3, 0.4) is 0 Å². The lowest BCUT2D eigenvalue weighted by Gasteiger charge is -2.15. The number of anilines is 2. The fourth-order valence-corrected chi connectivity index (χ4v) is 4.51. The van der Waals surface area contributed by atoms with E-state index in [1.54, 1.807) is 0 Å². The number of guanidine groups is 2. The molecule has 5 rings (SSSR count). The minimum absolute atomic E-state index is 0.371. The van der Waals surface area contributed by atoms with Crippen LogP contribution >= 0.6 is 0 Å². The molecule has 0 fully saturated rings. The van der Waals surface area contributed by atoms with E-state index in [-0.39, 0.29) is 0 Å². The molecule has 0 aromatic heterocycles. The third-order valence-electron chi connectivity index (χ3n) is 6.35. The van der Waals surface area contributed by atoms with E-state index in [0.717, 1.165) is 70.7 Å². The van der Waals surface area contributed by atoms with Gasteiger partial charge in [-0.25, -0.2) is 9.98 Å². The number of aryl methyl sites for hydroxylation is 4. The Balaban J connectivity index is 1.56. The predicted molar refractivity (Wildman–Crippen MR) is 150 cm³/mol. The number of fused-ring (bicyclic) bond motifs is 4. The first-order chi connectivity index (χ1) is 17.7. The highest BCUT2D eigenvalue weighted by atomic mass is 15.1. The highest BCUT2D eigenvalue weighted by molar-refractivity contribution is 5.95. The lowest BCUT2D eigenvalue weighted by molar-refractivity contribution is 0.958. The van der Waals surface area contributed by atoms with Gasteiger partial charge in [-0.3, -0.25) is 0 Å². The van der Waals surface area contributed by atoms with Crippen molar-refractivity contribution in [3.63, 3.8) is 0 Å². The van der Waals surface area contributed by atoms with Crippen molar-refractivity contribution >= 4 is 34.7 Å². The Hall–Kier alpha value is -4.58. The first-order valence-corrected chi connectivity index (χ1v) is 12.2. The quantitative estimate of drug-likeness (QED) is 0.263. The number of benzene rings is 4. The van der Waals surface area contributed by atoms with Crippen molar-refractivity contribution in [2.45, 2.75) is 25.7 Å². The Morgan fingerprint density at radius 3 is 1.22 bits per heavy atom. The van der Waals surface area contributed by atoms with E-state index < -0.39 is 0 Å². The number of nitrogens with two attached hydrogens (primary N) is 2. The van der Waals surface area contributed by atoms with Crippen LogP contribution in [0, 0.1) is 0 Å². The molecule has 1 aliphatic rings. The largest absolute Gasteiger partial charge is 0.369 e. The lowest BCUT2D eigenvalue weighted by Crippen LogP contribution is -2.23. The molecule has 4 aromatic carbocycles. The summed E-state index contributed by atoms with van der Waals surface area (Å²) < 4.78 is 0. The summed E-state index contributed by atoms with van der Waals surface area (Å²) in [5.74, 6) is 0.742. The first-order valence-electron chi connectivity index (χ1n) is 12.2. The highest BCUT2D eigenvalue weighted by Crippen LogP contribution is 2.26. The number of para-hydroxylation sites is 4. The maximum absolute atomic E-state index is 6.38. The summed E-state index contributed by atoms with van der Waals surface area (Å²) >= 11 is 0. The normalized spacial score (nSPS) is 14.1. The second kappa shape index (κ2) is 10.8. The Morgan fingerprint density at radius 1 is 0.444 bits per heavy atom. The van der Waals surface area contributed by atoms with E-state index in [1.807, 2.05) is 72.8 Å². The van der Waals surface area contributed by atoms with E-state index >= 15 is 0 Å². The Bertz CT molecular complexity index is 1310. The van der Waals surface area contributed by atoms with Gasteiger partial charge < -0.3 is 22.1 Å². The van der Waals surface area contributed by atoms with Crippen LogP contribution in [-0.2, 0) is 25.7 Å². The van der Waals surface area contributed by atoms with Crippen molar-refractivity contribution in [2.24, 2.45) is 21.5 Å². The van der Waals surface area contributed by atoms with Crippen LogP contribution in [0.4, 0.5) is 22.7 Å². The highest BCUT2D eigenvalue weighted by Gasteiger charge is 2.10. The summed E-state index contributed by atoms with van der Waals surface area (Å²) in [6.07, 6.45) is 3.25. The molecule has 6 N–H and O–H groups in total. The maximum atomic E-state index is 6.38. The van der Waals surface area contributed by atoms with Gasteiger partial charge in [0, 0.05) is 11.4 Å². The minimum atomic E-state index is 0.371. The zero-order valence-electron chi connectivity index (χ0n) is 20.1. The average molecular weight is 475 g/mol. The van der Waals surface area contributed by atoms with Gasteiger partial charge in [0.05, 0.1) is 11.4 Å². The molecule has 0 spiro atoms. The van der Waals surface area contributed by atoms with E-state index in [0.29, 0.717) is 11.9 Å². The lowest BCUT2D eigenvalue weighted by atomic mass is 10.0. The molecule has 0 radical (unpaired) electrons. The van der Waals surface area contributed by atoms with Crippen molar-refractivity contribution in [1.29, 1.82) is 0 Å². The van der Waals surface area contributed by atoms with Crippen LogP contribution in [0.2, 0.25) is 0 Å². The average Bonchev–Trinajstić information content (AvgIpc) is 2.88. The molecule has 6 nitrogen and oxygen atoms in total. The van der Waals surface area contributed by atoms with Crippen molar-refractivity contribution in [3.8, 4) is 0 Å². The summed E-state index contributed by atoms with van der Waals surface area (Å²) in [5.41, 5.74) is 21.0. The molecule has 0 bridgehead atoms. The third-order valence-corrected chi connectivity index (χ3v) is 6.35. The molecule has 36 heavy (non-hydrogen) atoms. The number of nitrogens with one attached hydrogen (secondary N) is 2. The molecule has 1 heterocycles. The first kappa shape index (κ1) is 23.2. The molecule has 0 amide bonds. The Kier molecular flexibility index (Phi) is 6.94. The molecular formula is C30H30N6. The van der Waals surface area contributed by atoms with Crippen LogP contribution in [0.25, 0.3) is 0 Å². The number of rotatable bonds is 0. The van der Waals surface area contributed by atoms with Crippen LogP contribution in [-0.4, -0.2) is 11.9 Å². The molecule has 0 saturated carbocycles. The van der Waals surface area contributed by atoms with E-state index in [2.05, 4.69) is 34.9 Å². The van der Waals surface area contributed by atoms with Gasteiger partial charge in [0.1, 0.15) is 0 Å². The monoisotopic (exact) mass is 474 g/mol. The molecule has 0 aliphatic carbocycles. The standard InChI is InChI=1S/C30H30N6/c31-29-33-25-13-5-1-9-21(25)17-18-22-10-2-6-14-26(22)35-30(32)36-28-16-8-4-12-24(28)20-19-23-11-3-7-15-27(23)34-29/h1-16H,17-20H2,(H3,31,33,34)(H3,32,35,36). The van der Waals surface area contributed by atoms with Gasteiger partial charge in [0.15, 0.2) is 11.9 Å². The van der Waals surface area contributed by atoms with E-state index in [4.69, 9.17) is 21.5 Å². The summed E-state index contributed by atoms with van der Waals surface area (Å²) in [5, 5.41) is 6.64. The summed E-state index contributed by atoms with van der Waals surface area (Å²) in [6, 6.07) is 32.6. The summed E-state index contributed by atoms with van der Waals surface area (Å²) in [4.78, 5) is 9.47. The SMILES string of the molecule is NC1=Nc2ccccc2CCc2ccccc2NC(N)=Nc2ccccc2CCc2ccccc2N1. The van der Waals surface area contributed by atoms with E-state index in [1.165, 1.54) is 0 Å². The molecule has 0 atom stereocenters. The van der Waals surface area contributed by atoms with Crippen LogP contribution in [0.15, 0.2) is 107 Å². The predicted octanol–water partition coefficient (Wildman–Crippen LogP) is 5.69. The summed E-state index contributed by atoms with van der Waals surface area (Å²) in [7, 11) is 0. The zero-order valence-corrected chi connectivity index (χ0v) is 20.1. The van der Waals surface area contributed by atoms with Gasteiger partial charge in [-0.15, -0.1) is 0 Å². The fourth-order valence-electron chi connectivity index (χ4n) is 4.51. The molecule has 0 saturated heterocycles. The van der Waals surface area contributed by atoms with Crippen molar-refractivity contribution in [3.05, 3.63) is 119 Å². The van der Waals surface area contributed by atoms with Crippen LogP contribution < -0.4 is 22.1 Å². The molecule has 1 aliphatic heterocycles. The molecule has 0 unspecified atom stereocenters. The maximum Gasteiger partial charge on any atom is 0.198 e. The number of hydrogen-bond donors (Lipinski definition) is 4. The van der Waals surface area contributed by atoms with Crippen molar-refractivity contribution in [2.75, 3.05) is 10.6 Å². The second-order valence-corrected chi connectivity index (χ2v) is 8.82. The molecule has 4 aromatic rings. The topological polar surface area (TPSA) is 101 Å². The van der Waals surface area contributed by atoms with Gasteiger partial charge in [0.2, 0.25) is 0 Å². The smallest absolute Gasteiger partial charge is 0.198 e. The number of nitrogens with zero attached hydrogens (tertiary/aromatic N) is 2. The van der Waals surface area contributed by atoms with Gasteiger partial charge in [-0.1, -0.05) is 72.8 Å². The molecule has 180 valence electrons.